The second-order valence-electron chi connectivity index (χ2n) is 5.89. The molecule has 2 aromatic rings. The summed E-state index contributed by atoms with van der Waals surface area (Å²) in [4.78, 5) is 4.82. The Bertz CT molecular complexity index is 979. The molecule has 0 amide bonds. The highest BCUT2D eigenvalue weighted by molar-refractivity contribution is 7.73. The van der Waals surface area contributed by atoms with Crippen LogP contribution in [0.15, 0.2) is 58.4 Å². The van der Waals surface area contributed by atoms with E-state index in [1.807, 2.05) is 24.3 Å². The number of nitrogens with one attached hydrogen (secondary N) is 3. The predicted molar refractivity (Wildman–Crippen MR) is 110 cm³/mol. The molecule has 0 fully saturated rings. The highest BCUT2D eigenvalue weighted by Crippen LogP contribution is 2.30. The van der Waals surface area contributed by atoms with Gasteiger partial charge in [0.15, 0.2) is 5.96 Å². The highest BCUT2D eigenvalue weighted by Gasteiger charge is 2.17. The molecule has 0 bridgehead atoms. The molecular formula is C18H18Cl2N5OS-. The van der Waals surface area contributed by atoms with E-state index in [2.05, 4.69) is 15.6 Å². The van der Waals surface area contributed by atoms with Crippen molar-refractivity contribution in [3.8, 4) is 0 Å². The third-order valence-electron chi connectivity index (χ3n) is 3.99. The summed E-state index contributed by atoms with van der Waals surface area (Å²) in [5.74, 6) is 0.285. The van der Waals surface area contributed by atoms with Crippen LogP contribution in [0.5, 0.6) is 0 Å². The standard InChI is InChI=1S/C18H18Cl2N5OS/c19-14-6-2-5-13(17(14)20)15-10-16(25-18(21)24-15)23-8-7-11-3-1-4-12(9-11)27(22)26/h1-6,9-10,16,22-23H,7-8H2,(H3,21,24,25)/q-1. The van der Waals surface area contributed by atoms with E-state index in [0.29, 0.717) is 27.9 Å². The van der Waals surface area contributed by atoms with Crippen molar-refractivity contribution in [2.24, 2.45) is 10.7 Å². The number of hydrogen-bond acceptors (Lipinski definition) is 7. The molecule has 5 N–H and O–H groups in total. The van der Waals surface area contributed by atoms with Gasteiger partial charge in [-0.1, -0.05) is 64.5 Å². The van der Waals surface area contributed by atoms with Gasteiger partial charge < -0.3 is 20.0 Å². The molecule has 0 spiro atoms. The molecule has 0 aromatic heterocycles. The predicted octanol–water partition coefficient (Wildman–Crippen LogP) is 3.50. The van der Waals surface area contributed by atoms with Gasteiger partial charge in [-0.25, -0.2) is 4.99 Å². The highest BCUT2D eigenvalue weighted by atomic mass is 35.5. The van der Waals surface area contributed by atoms with E-state index in [1.165, 1.54) is 0 Å². The minimum Gasteiger partial charge on any atom is -0.440 e. The Labute approximate surface area is 169 Å². The lowest BCUT2D eigenvalue weighted by Gasteiger charge is -2.22. The number of nitrogens with two attached hydrogens (primary N) is 1. The average molecular weight is 423 g/mol. The number of rotatable bonds is 6. The zero-order valence-electron chi connectivity index (χ0n) is 14.2. The summed E-state index contributed by atoms with van der Waals surface area (Å²) >= 11 is 12.4. The summed E-state index contributed by atoms with van der Waals surface area (Å²) < 4.78 is 18.6. The molecular weight excluding hydrogens is 405 g/mol. The van der Waals surface area contributed by atoms with Crippen LogP contribution < -0.4 is 16.4 Å². The molecule has 142 valence electrons. The van der Waals surface area contributed by atoms with E-state index in [1.54, 1.807) is 24.3 Å². The maximum absolute atomic E-state index is 11.3. The van der Waals surface area contributed by atoms with Crippen LogP contribution in [0.3, 0.4) is 0 Å². The molecule has 3 rings (SSSR count). The first-order valence-electron chi connectivity index (χ1n) is 8.16. The SMILES string of the molecule is N=[S-](=O)c1cccc(CCNC2C=C(c3cccc(Cl)c3Cl)NC(N)=N2)c1. The van der Waals surface area contributed by atoms with Gasteiger partial charge >= 0.3 is 0 Å². The van der Waals surface area contributed by atoms with Gasteiger partial charge in [-0.15, -0.1) is 0 Å². The first kappa shape index (κ1) is 19.7. The van der Waals surface area contributed by atoms with Crippen molar-refractivity contribution in [1.29, 1.82) is 4.78 Å². The van der Waals surface area contributed by atoms with Crippen LogP contribution in [0.2, 0.25) is 10.0 Å². The second kappa shape index (κ2) is 8.75. The van der Waals surface area contributed by atoms with E-state index in [-0.39, 0.29) is 12.1 Å². The van der Waals surface area contributed by atoms with Gasteiger partial charge in [0.1, 0.15) is 6.17 Å². The average Bonchev–Trinajstić information content (AvgIpc) is 2.64. The zero-order chi connectivity index (χ0) is 19.4. The third kappa shape index (κ3) is 5.01. The van der Waals surface area contributed by atoms with Gasteiger partial charge in [-0.3, -0.25) is 5.32 Å². The molecule has 1 heterocycles. The Morgan fingerprint density at radius 3 is 2.81 bits per heavy atom. The van der Waals surface area contributed by atoms with Crippen LogP contribution in [-0.4, -0.2) is 18.7 Å². The summed E-state index contributed by atoms with van der Waals surface area (Å²) in [7, 11) is -1.73. The summed E-state index contributed by atoms with van der Waals surface area (Å²) in [5, 5.41) is 7.23. The van der Waals surface area contributed by atoms with Crippen LogP contribution in [0, 0.1) is 4.78 Å². The van der Waals surface area contributed by atoms with E-state index >= 15 is 0 Å². The summed E-state index contributed by atoms with van der Waals surface area (Å²) in [5.41, 5.74) is 8.38. The molecule has 0 saturated carbocycles. The zero-order valence-corrected chi connectivity index (χ0v) is 16.5. The monoisotopic (exact) mass is 422 g/mol. The Hall–Kier alpha value is -2.06. The number of benzene rings is 2. The Kier molecular flexibility index (Phi) is 6.38. The number of aliphatic imine (C=N–C) groups is 1. The van der Waals surface area contributed by atoms with Crippen LogP contribution in [0.25, 0.3) is 5.70 Å². The maximum atomic E-state index is 11.3. The summed E-state index contributed by atoms with van der Waals surface area (Å²) in [6, 6.07) is 12.6. The Morgan fingerprint density at radius 2 is 2.04 bits per heavy atom. The fraction of sp³-hybridized carbons (Fsp3) is 0.167. The number of hydrogen-bond donors (Lipinski definition) is 4. The Morgan fingerprint density at radius 1 is 1.26 bits per heavy atom. The topological polar surface area (TPSA) is 103 Å². The van der Waals surface area contributed by atoms with Gasteiger partial charge in [-0.2, -0.15) is 10.6 Å². The molecule has 9 heteroatoms. The van der Waals surface area contributed by atoms with E-state index in [0.717, 1.165) is 16.8 Å². The lowest BCUT2D eigenvalue weighted by Crippen LogP contribution is -2.40. The minimum atomic E-state index is -1.73. The van der Waals surface area contributed by atoms with Gasteiger partial charge in [-0.05, 0) is 24.1 Å². The van der Waals surface area contributed by atoms with E-state index < -0.39 is 10.6 Å². The van der Waals surface area contributed by atoms with Crippen molar-refractivity contribution in [1.82, 2.24) is 10.6 Å². The first-order chi connectivity index (χ1) is 12.9. The lowest BCUT2D eigenvalue weighted by molar-refractivity contribution is 0.598. The summed E-state index contributed by atoms with van der Waals surface area (Å²) in [6.07, 6.45) is 2.28. The van der Waals surface area contributed by atoms with Crippen LogP contribution in [0.1, 0.15) is 11.1 Å². The van der Waals surface area contributed by atoms with E-state index in [9.17, 15) is 4.21 Å². The normalized spacial score (nSPS) is 16.6. The Balaban J connectivity index is 1.69. The van der Waals surface area contributed by atoms with E-state index in [4.69, 9.17) is 33.7 Å². The van der Waals surface area contributed by atoms with Crippen molar-refractivity contribution in [2.75, 3.05) is 6.54 Å². The van der Waals surface area contributed by atoms with Gasteiger partial charge in [0.2, 0.25) is 0 Å². The number of guanidine groups is 1. The second-order valence-corrected chi connectivity index (χ2v) is 7.68. The summed E-state index contributed by atoms with van der Waals surface area (Å²) in [6.45, 7) is 0.628. The molecule has 6 nitrogen and oxygen atoms in total. The van der Waals surface area contributed by atoms with Crippen LogP contribution in [0.4, 0.5) is 0 Å². The molecule has 1 aliphatic heterocycles. The third-order valence-corrected chi connectivity index (χ3v) is 5.49. The van der Waals surface area contributed by atoms with Gasteiger partial charge in [0.05, 0.1) is 10.0 Å². The van der Waals surface area contributed by atoms with Crippen molar-refractivity contribution < 1.29 is 4.21 Å². The molecule has 0 radical (unpaired) electrons. The fourth-order valence-corrected chi connectivity index (χ4v) is 3.57. The lowest BCUT2D eigenvalue weighted by atomic mass is 10.1. The molecule has 0 saturated heterocycles. The van der Waals surface area contributed by atoms with Crippen molar-refractivity contribution >= 4 is 45.5 Å². The molecule has 27 heavy (non-hydrogen) atoms. The minimum absolute atomic E-state index is 0.285. The quantitative estimate of drug-likeness (QED) is 0.534. The smallest absolute Gasteiger partial charge is 0.195 e. The van der Waals surface area contributed by atoms with Crippen LogP contribution >= 0.6 is 23.2 Å². The maximum Gasteiger partial charge on any atom is 0.195 e. The van der Waals surface area contributed by atoms with Gasteiger partial charge in [0, 0.05) is 17.8 Å². The largest absolute Gasteiger partial charge is 0.440 e. The van der Waals surface area contributed by atoms with Crippen molar-refractivity contribution in [3.63, 3.8) is 0 Å². The molecule has 0 aliphatic carbocycles. The number of nitrogens with zero attached hydrogens (tertiary/aromatic N) is 1. The molecule has 1 aliphatic rings. The fourth-order valence-electron chi connectivity index (χ4n) is 2.71. The first-order valence-corrected chi connectivity index (χ1v) is 10.1. The molecule has 1 atom stereocenters. The van der Waals surface area contributed by atoms with Crippen molar-refractivity contribution in [2.45, 2.75) is 17.5 Å². The van der Waals surface area contributed by atoms with Crippen molar-refractivity contribution in [3.05, 3.63) is 69.7 Å². The van der Waals surface area contributed by atoms with Crippen LogP contribution in [-0.2, 0) is 21.2 Å². The molecule has 1 unspecified atom stereocenters. The molecule has 2 aromatic carbocycles. The number of halogens is 2. The van der Waals surface area contributed by atoms with Gasteiger partial charge in [0.25, 0.3) is 0 Å².